The fourth-order valence-corrected chi connectivity index (χ4v) is 2.20. The number of rotatable bonds is 5. The first-order valence-corrected chi connectivity index (χ1v) is 7.38. The minimum Gasteiger partial charge on any atom is -0.306 e. The summed E-state index contributed by atoms with van der Waals surface area (Å²) in [5.41, 5.74) is 0.867. The van der Waals surface area contributed by atoms with Crippen molar-refractivity contribution in [3.8, 4) is 23.6 Å². The van der Waals surface area contributed by atoms with Crippen LogP contribution in [0.5, 0.6) is 0 Å². The number of carbonyl (C=O) groups excluding carboxylic acids is 1. The number of halogens is 3. The van der Waals surface area contributed by atoms with Crippen molar-refractivity contribution in [1.29, 1.82) is 0 Å². The minimum absolute atomic E-state index is 0.306. The second-order valence-corrected chi connectivity index (χ2v) is 5.12. The molecule has 6 heteroatoms. The lowest BCUT2D eigenvalue weighted by molar-refractivity contribution is -0.137. The van der Waals surface area contributed by atoms with Crippen LogP contribution in [0.15, 0.2) is 55.3 Å². The van der Waals surface area contributed by atoms with Gasteiger partial charge in [-0.25, -0.2) is 0 Å². The monoisotopic (exact) mass is 344 g/mol. The molecule has 0 atom stereocenters. The van der Waals surface area contributed by atoms with Crippen LogP contribution in [0.4, 0.5) is 18.9 Å². The van der Waals surface area contributed by atoms with Gasteiger partial charge >= 0.3 is 6.18 Å². The van der Waals surface area contributed by atoms with Gasteiger partial charge in [-0.05, 0) is 30.3 Å². The second-order valence-electron chi connectivity index (χ2n) is 5.12. The van der Waals surface area contributed by atoms with Gasteiger partial charge < -0.3 is 4.90 Å². The smallest absolute Gasteiger partial charge is 0.306 e. The van der Waals surface area contributed by atoms with Crippen molar-refractivity contribution in [1.82, 2.24) is 4.98 Å². The number of benzene rings is 1. The van der Waals surface area contributed by atoms with Crippen molar-refractivity contribution < 1.29 is 18.0 Å². The molecule has 0 spiro atoms. The van der Waals surface area contributed by atoms with Crippen LogP contribution in [0.25, 0.3) is 11.3 Å². The summed E-state index contributed by atoms with van der Waals surface area (Å²) >= 11 is 0. The first kappa shape index (κ1) is 18.3. The molecular weight excluding hydrogens is 329 g/mol. The van der Waals surface area contributed by atoms with E-state index in [2.05, 4.69) is 17.5 Å². The van der Waals surface area contributed by atoms with Crippen LogP contribution in [0.3, 0.4) is 0 Å². The second kappa shape index (κ2) is 7.67. The van der Waals surface area contributed by atoms with Gasteiger partial charge in [0.1, 0.15) is 0 Å². The molecule has 0 N–H and O–H groups in total. The van der Waals surface area contributed by atoms with Gasteiger partial charge in [0, 0.05) is 18.5 Å². The van der Waals surface area contributed by atoms with Crippen LogP contribution in [0, 0.1) is 12.3 Å². The van der Waals surface area contributed by atoms with Gasteiger partial charge in [-0.15, -0.1) is 12.3 Å². The average molecular weight is 344 g/mol. The highest BCUT2D eigenvalue weighted by Crippen LogP contribution is 2.30. The van der Waals surface area contributed by atoms with E-state index in [0.29, 0.717) is 29.9 Å². The quantitative estimate of drug-likeness (QED) is 0.598. The SMILES string of the molecule is C#CCCN(C(=O)C=C)c1ccc(-c2ccc(C(F)(F)F)cc2)nc1. The maximum atomic E-state index is 12.6. The summed E-state index contributed by atoms with van der Waals surface area (Å²) in [7, 11) is 0. The fourth-order valence-electron chi connectivity index (χ4n) is 2.20. The van der Waals surface area contributed by atoms with E-state index in [-0.39, 0.29) is 5.91 Å². The Morgan fingerprint density at radius 2 is 1.92 bits per heavy atom. The first-order chi connectivity index (χ1) is 11.9. The van der Waals surface area contributed by atoms with Crippen molar-refractivity contribution in [2.24, 2.45) is 0 Å². The summed E-state index contributed by atoms with van der Waals surface area (Å²) in [6, 6.07) is 8.03. The largest absolute Gasteiger partial charge is 0.416 e. The van der Waals surface area contributed by atoms with Crippen molar-refractivity contribution in [2.75, 3.05) is 11.4 Å². The van der Waals surface area contributed by atoms with Crippen molar-refractivity contribution >= 4 is 11.6 Å². The molecule has 0 bridgehead atoms. The molecule has 3 nitrogen and oxygen atoms in total. The number of hydrogen-bond donors (Lipinski definition) is 0. The summed E-state index contributed by atoms with van der Waals surface area (Å²) < 4.78 is 37.8. The van der Waals surface area contributed by atoms with Gasteiger partial charge in [-0.1, -0.05) is 18.7 Å². The van der Waals surface area contributed by atoms with E-state index in [9.17, 15) is 18.0 Å². The Kier molecular flexibility index (Phi) is 5.60. The van der Waals surface area contributed by atoms with E-state index in [1.807, 2.05) is 0 Å². The van der Waals surface area contributed by atoms with Gasteiger partial charge in [0.15, 0.2) is 0 Å². The highest BCUT2D eigenvalue weighted by Gasteiger charge is 2.30. The summed E-state index contributed by atoms with van der Waals surface area (Å²) in [6.07, 6.45) is 3.89. The van der Waals surface area contributed by atoms with Crippen LogP contribution in [0.1, 0.15) is 12.0 Å². The zero-order valence-electron chi connectivity index (χ0n) is 13.3. The van der Waals surface area contributed by atoms with Crippen LogP contribution < -0.4 is 4.90 Å². The summed E-state index contributed by atoms with van der Waals surface area (Å²) in [6.45, 7) is 3.78. The molecule has 2 aromatic rings. The molecule has 0 aliphatic heterocycles. The summed E-state index contributed by atoms with van der Waals surface area (Å²) in [5.74, 6) is 2.15. The van der Waals surface area contributed by atoms with E-state index in [4.69, 9.17) is 6.42 Å². The Hall–Kier alpha value is -3.07. The lowest BCUT2D eigenvalue weighted by atomic mass is 10.1. The van der Waals surface area contributed by atoms with Crippen molar-refractivity contribution in [3.05, 3.63) is 60.8 Å². The van der Waals surface area contributed by atoms with E-state index in [1.54, 1.807) is 12.1 Å². The number of alkyl halides is 3. The Bertz CT molecular complexity index is 787. The van der Waals surface area contributed by atoms with Crippen LogP contribution in [-0.4, -0.2) is 17.4 Å². The van der Waals surface area contributed by atoms with Gasteiger partial charge in [0.25, 0.3) is 0 Å². The summed E-state index contributed by atoms with van der Waals surface area (Å²) in [4.78, 5) is 17.6. The predicted octanol–water partition coefficient (Wildman–Crippen LogP) is 4.31. The minimum atomic E-state index is -4.38. The molecule has 0 aliphatic rings. The van der Waals surface area contributed by atoms with Gasteiger partial charge in [-0.3, -0.25) is 9.78 Å². The van der Waals surface area contributed by atoms with Crippen LogP contribution >= 0.6 is 0 Å². The molecule has 1 amide bonds. The molecule has 0 aliphatic carbocycles. The standard InChI is InChI=1S/C19H15F3N2O/c1-3-5-12-24(18(25)4-2)16-10-11-17(23-13-16)14-6-8-15(9-7-14)19(20,21)22/h1,4,6-11,13H,2,5,12H2. The number of hydrogen-bond acceptors (Lipinski definition) is 2. The topological polar surface area (TPSA) is 33.2 Å². The zero-order chi connectivity index (χ0) is 18.4. The number of nitrogens with zero attached hydrogens (tertiary/aromatic N) is 2. The Balaban J connectivity index is 2.25. The molecule has 0 unspecified atom stereocenters. The van der Waals surface area contributed by atoms with Crippen molar-refractivity contribution in [2.45, 2.75) is 12.6 Å². The highest BCUT2D eigenvalue weighted by atomic mass is 19.4. The third kappa shape index (κ3) is 4.48. The molecule has 0 radical (unpaired) electrons. The van der Waals surface area contributed by atoms with Crippen molar-refractivity contribution in [3.63, 3.8) is 0 Å². The average Bonchev–Trinajstić information content (AvgIpc) is 2.61. The fraction of sp³-hybridized carbons (Fsp3) is 0.158. The van der Waals surface area contributed by atoms with Crippen LogP contribution in [-0.2, 0) is 11.0 Å². The Morgan fingerprint density at radius 3 is 2.40 bits per heavy atom. The maximum Gasteiger partial charge on any atom is 0.416 e. The number of aromatic nitrogens is 1. The number of amides is 1. The molecule has 0 fully saturated rings. The molecule has 2 rings (SSSR count). The molecule has 1 aromatic heterocycles. The number of anilines is 1. The van der Waals surface area contributed by atoms with E-state index >= 15 is 0 Å². The molecule has 1 heterocycles. The van der Waals surface area contributed by atoms with Gasteiger partial charge in [0.2, 0.25) is 5.91 Å². The lowest BCUT2D eigenvalue weighted by Crippen LogP contribution is -2.30. The highest BCUT2D eigenvalue weighted by molar-refractivity contribution is 6.01. The Morgan fingerprint density at radius 1 is 1.24 bits per heavy atom. The maximum absolute atomic E-state index is 12.6. The van der Waals surface area contributed by atoms with E-state index in [0.717, 1.165) is 12.1 Å². The van der Waals surface area contributed by atoms with E-state index in [1.165, 1.54) is 29.3 Å². The zero-order valence-corrected chi connectivity index (χ0v) is 13.3. The normalized spacial score (nSPS) is 10.8. The number of pyridine rings is 1. The Labute approximate surface area is 143 Å². The summed E-state index contributed by atoms with van der Waals surface area (Å²) in [5, 5.41) is 0. The molecule has 128 valence electrons. The predicted molar refractivity (Wildman–Crippen MR) is 90.7 cm³/mol. The molecule has 0 saturated carbocycles. The third-order valence-corrected chi connectivity index (χ3v) is 3.49. The number of terminal acetylenes is 1. The van der Waals surface area contributed by atoms with Crippen LogP contribution in [0.2, 0.25) is 0 Å². The van der Waals surface area contributed by atoms with Gasteiger partial charge in [-0.2, -0.15) is 13.2 Å². The molecule has 0 saturated heterocycles. The van der Waals surface area contributed by atoms with E-state index < -0.39 is 11.7 Å². The molecule has 25 heavy (non-hydrogen) atoms. The molecule has 1 aromatic carbocycles. The van der Waals surface area contributed by atoms with Gasteiger partial charge in [0.05, 0.1) is 23.1 Å². The molecular formula is C19H15F3N2O. The third-order valence-electron chi connectivity index (χ3n) is 3.49. The lowest BCUT2D eigenvalue weighted by Gasteiger charge is -2.20. The first-order valence-electron chi connectivity index (χ1n) is 7.38. The number of carbonyl (C=O) groups is 1.